The fourth-order valence-corrected chi connectivity index (χ4v) is 9.61. The molecule has 276 valence electrons. The summed E-state index contributed by atoms with van der Waals surface area (Å²) in [7, 11) is 0. The minimum Gasteiger partial charge on any atom is -0.310 e. The van der Waals surface area contributed by atoms with Crippen LogP contribution in [0.5, 0.6) is 0 Å². The summed E-state index contributed by atoms with van der Waals surface area (Å²) >= 11 is 0. The minimum absolute atomic E-state index is 0.160. The largest absolute Gasteiger partial charge is 0.310 e. The van der Waals surface area contributed by atoms with Gasteiger partial charge in [0.2, 0.25) is 0 Å². The van der Waals surface area contributed by atoms with Crippen LogP contribution in [0.2, 0.25) is 0 Å². The third-order valence-corrected chi connectivity index (χ3v) is 12.4. The van der Waals surface area contributed by atoms with E-state index >= 15 is 0 Å². The van der Waals surface area contributed by atoms with E-state index in [9.17, 15) is 0 Å². The average molecular weight is 735 g/mol. The van der Waals surface area contributed by atoms with Crippen molar-refractivity contribution in [2.24, 2.45) is 0 Å². The number of benzene rings is 8. The normalized spacial score (nSPS) is 12.8. The summed E-state index contributed by atoms with van der Waals surface area (Å²) in [6.45, 7) is 9.30. The molecule has 0 saturated carbocycles. The van der Waals surface area contributed by atoms with Gasteiger partial charge in [0, 0.05) is 33.2 Å². The molecule has 57 heavy (non-hydrogen) atoms. The van der Waals surface area contributed by atoms with Gasteiger partial charge in [-0.1, -0.05) is 155 Å². The number of fused-ring (bicyclic) bond motifs is 6. The maximum atomic E-state index is 2.50. The van der Waals surface area contributed by atoms with Gasteiger partial charge >= 0.3 is 0 Å². The van der Waals surface area contributed by atoms with Gasteiger partial charge in [0.15, 0.2) is 0 Å². The quantitative estimate of drug-likeness (QED) is 0.151. The lowest BCUT2D eigenvalue weighted by molar-refractivity contribution is 0.661. The van der Waals surface area contributed by atoms with Crippen LogP contribution in [0.15, 0.2) is 182 Å². The van der Waals surface area contributed by atoms with Crippen LogP contribution in [0, 0.1) is 0 Å². The van der Waals surface area contributed by atoms with Crippen molar-refractivity contribution >= 4 is 38.9 Å². The molecule has 1 aromatic heterocycles. The molecule has 0 radical (unpaired) electrons. The second-order valence-corrected chi connectivity index (χ2v) is 15.9. The lowest BCUT2D eigenvalue weighted by atomic mass is 9.81. The molecule has 1 heterocycles. The first-order valence-electron chi connectivity index (χ1n) is 20.4. The molecular formula is C55H46N2. The zero-order valence-electron chi connectivity index (χ0n) is 33.1. The van der Waals surface area contributed by atoms with Gasteiger partial charge in [0.05, 0.1) is 16.7 Å². The van der Waals surface area contributed by atoms with Crippen molar-refractivity contribution in [3.63, 3.8) is 0 Å². The molecule has 0 amide bonds. The number of hydrogen-bond acceptors (Lipinski definition) is 1. The highest BCUT2D eigenvalue weighted by atomic mass is 15.1. The Kier molecular flexibility index (Phi) is 8.45. The Labute approximate surface area is 336 Å². The highest BCUT2D eigenvalue weighted by Gasteiger charge is 2.38. The van der Waals surface area contributed by atoms with E-state index in [-0.39, 0.29) is 5.41 Å². The van der Waals surface area contributed by atoms with Gasteiger partial charge in [-0.15, -0.1) is 0 Å². The van der Waals surface area contributed by atoms with Crippen LogP contribution < -0.4 is 4.90 Å². The van der Waals surface area contributed by atoms with E-state index in [0.717, 1.165) is 24.2 Å². The number of hydrogen-bond donors (Lipinski definition) is 0. The summed E-state index contributed by atoms with van der Waals surface area (Å²) < 4.78 is 2.38. The van der Waals surface area contributed by atoms with Crippen molar-refractivity contribution in [2.45, 2.75) is 46.0 Å². The zero-order valence-corrected chi connectivity index (χ0v) is 33.1. The first-order valence-corrected chi connectivity index (χ1v) is 20.4. The lowest BCUT2D eigenvalue weighted by Crippen LogP contribution is -2.20. The van der Waals surface area contributed by atoms with E-state index in [1.165, 1.54) is 88.8 Å². The number of aromatic nitrogens is 1. The number of para-hydroxylation sites is 2. The second-order valence-electron chi connectivity index (χ2n) is 15.9. The molecule has 2 nitrogen and oxygen atoms in total. The van der Waals surface area contributed by atoms with Crippen LogP contribution in [-0.2, 0) is 18.3 Å². The van der Waals surface area contributed by atoms with Crippen LogP contribution in [0.25, 0.3) is 60.9 Å². The topological polar surface area (TPSA) is 8.17 Å². The van der Waals surface area contributed by atoms with Crippen molar-refractivity contribution in [1.29, 1.82) is 0 Å². The first kappa shape index (κ1) is 34.8. The van der Waals surface area contributed by atoms with E-state index < -0.39 is 0 Å². The average Bonchev–Trinajstić information content (AvgIpc) is 3.73. The minimum atomic E-state index is -0.160. The molecule has 8 aromatic carbocycles. The van der Waals surface area contributed by atoms with E-state index in [1.54, 1.807) is 0 Å². The van der Waals surface area contributed by atoms with Crippen LogP contribution in [0.1, 0.15) is 49.9 Å². The molecule has 0 aliphatic heterocycles. The van der Waals surface area contributed by atoms with Crippen LogP contribution in [0.4, 0.5) is 17.1 Å². The predicted octanol–water partition coefficient (Wildman–Crippen LogP) is 15.0. The van der Waals surface area contributed by atoms with Crippen molar-refractivity contribution in [1.82, 2.24) is 4.57 Å². The van der Waals surface area contributed by atoms with E-state index in [1.807, 2.05) is 0 Å². The molecule has 9 aromatic rings. The summed E-state index contributed by atoms with van der Waals surface area (Å²) in [5.41, 5.74) is 20.2. The van der Waals surface area contributed by atoms with E-state index in [4.69, 9.17) is 0 Å². The molecule has 1 aliphatic carbocycles. The van der Waals surface area contributed by atoms with E-state index in [2.05, 4.69) is 219 Å². The Balaban J connectivity index is 1.08. The summed E-state index contributed by atoms with van der Waals surface area (Å²) in [5, 5.41) is 2.56. The Morgan fingerprint density at radius 3 is 1.68 bits per heavy atom. The molecule has 2 heteroatoms. The third-order valence-electron chi connectivity index (χ3n) is 12.4. The highest BCUT2D eigenvalue weighted by Crippen LogP contribution is 2.54. The van der Waals surface area contributed by atoms with Crippen LogP contribution in [-0.4, -0.2) is 4.57 Å². The number of rotatable bonds is 8. The maximum absolute atomic E-state index is 2.50. The van der Waals surface area contributed by atoms with Crippen LogP contribution >= 0.6 is 0 Å². The van der Waals surface area contributed by atoms with Gasteiger partial charge in [0.1, 0.15) is 0 Å². The molecule has 1 aliphatic rings. The van der Waals surface area contributed by atoms with Crippen molar-refractivity contribution < 1.29 is 0 Å². The molecule has 0 unspecified atom stereocenters. The summed E-state index contributed by atoms with van der Waals surface area (Å²) in [6.07, 6.45) is 1.96. The lowest BCUT2D eigenvalue weighted by Gasteiger charge is -2.32. The molecule has 0 atom stereocenters. The standard InChI is InChI=1S/C55H46N2/c1-5-37-16-7-8-17-44(37)45-35-34-43(36-38(45)6-2)56(53-25-15-21-49-46-18-9-12-22-50(46)55(3,4)54(49)53)41-30-26-39(27-31-41)40-28-32-42(33-29-40)57-51-23-13-10-19-47(51)48-20-11-14-24-52(48)57/h7-36H,5-6H2,1-4H3. The maximum Gasteiger partial charge on any atom is 0.0541 e. The molecule has 0 fully saturated rings. The van der Waals surface area contributed by atoms with Gasteiger partial charge in [-0.2, -0.15) is 0 Å². The summed E-state index contributed by atoms with van der Waals surface area (Å²) in [5.74, 6) is 0. The van der Waals surface area contributed by atoms with Crippen molar-refractivity contribution in [3.8, 4) is 39.1 Å². The molecular weight excluding hydrogens is 689 g/mol. The Bertz CT molecular complexity index is 2890. The Morgan fingerprint density at radius 1 is 0.456 bits per heavy atom. The molecule has 0 saturated heterocycles. The summed E-state index contributed by atoms with van der Waals surface area (Å²) in [4.78, 5) is 2.50. The molecule has 0 spiro atoms. The fraction of sp³-hybridized carbons (Fsp3) is 0.127. The Morgan fingerprint density at radius 2 is 1.00 bits per heavy atom. The van der Waals surface area contributed by atoms with Crippen molar-refractivity contribution in [3.05, 3.63) is 204 Å². The fourth-order valence-electron chi connectivity index (χ4n) is 9.61. The van der Waals surface area contributed by atoms with Gasteiger partial charge in [0.25, 0.3) is 0 Å². The monoisotopic (exact) mass is 734 g/mol. The number of aryl methyl sites for hydroxylation is 2. The van der Waals surface area contributed by atoms with Gasteiger partial charge < -0.3 is 9.47 Å². The highest BCUT2D eigenvalue weighted by molar-refractivity contribution is 6.09. The smallest absolute Gasteiger partial charge is 0.0541 e. The third kappa shape index (κ3) is 5.62. The number of nitrogens with zero attached hydrogens (tertiary/aromatic N) is 2. The van der Waals surface area contributed by atoms with E-state index in [0.29, 0.717) is 0 Å². The van der Waals surface area contributed by atoms with Gasteiger partial charge in [-0.25, -0.2) is 0 Å². The molecule has 0 bridgehead atoms. The SMILES string of the molecule is CCc1ccccc1-c1ccc(N(c2ccc(-c3ccc(-n4c5ccccc5c5ccccc54)cc3)cc2)c2cccc3c2C(C)(C)c2ccccc2-3)cc1CC. The first-order chi connectivity index (χ1) is 28.0. The summed E-state index contributed by atoms with van der Waals surface area (Å²) in [6, 6.07) is 67.4. The van der Waals surface area contributed by atoms with Crippen LogP contribution in [0.3, 0.4) is 0 Å². The number of anilines is 3. The predicted molar refractivity (Wildman–Crippen MR) is 243 cm³/mol. The molecule has 0 N–H and O–H groups in total. The second kappa shape index (κ2) is 13.8. The zero-order chi connectivity index (χ0) is 38.7. The molecule has 10 rings (SSSR count). The van der Waals surface area contributed by atoms with Gasteiger partial charge in [-0.05, 0) is 123 Å². The van der Waals surface area contributed by atoms with Crippen molar-refractivity contribution in [2.75, 3.05) is 4.90 Å². The Hall–Kier alpha value is -6.64. The van der Waals surface area contributed by atoms with Gasteiger partial charge in [-0.3, -0.25) is 0 Å².